The quantitative estimate of drug-likeness (QED) is 0.737. The number of aldehydes is 1. The van der Waals surface area contributed by atoms with Gasteiger partial charge in [0.1, 0.15) is 6.29 Å². The van der Waals surface area contributed by atoms with Crippen molar-refractivity contribution in [3.05, 3.63) is 35.4 Å². The summed E-state index contributed by atoms with van der Waals surface area (Å²) in [6, 6.07) is 8.07. The van der Waals surface area contributed by atoms with Gasteiger partial charge in [-0.25, -0.2) is 0 Å². The van der Waals surface area contributed by atoms with Gasteiger partial charge in [-0.1, -0.05) is 24.3 Å². The maximum atomic E-state index is 10.5. The summed E-state index contributed by atoms with van der Waals surface area (Å²) < 4.78 is 0. The molecule has 15 heavy (non-hydrogen) atoms. The lowest BCUT2D eigenvalue weighted by Crippen LogP contribution is -2.29. The number of hydrogen-bond acceptors (Lipinski definition) is 3. The maximum absolute atomic E-state index is 10.5. The van der Waals surface area contributed by atoms with Crippen LogP contribution in [0.25, 0.3) is 0 Å². The van der Waals surface area contributed by atoms with Crippen molar-refractivity contribution in [2.75, 3.05) is 27.7 Å². The van der Waals surface area contributed by atoms with Crippen LogP contribution in [0.15, 0.2) is 24.3 Å². The Morgan fingerprint density at radius 2 is 1.93 bits per heavy atom. The molecule has 1 rings (SSSR count). The van der Waals surface area contributed by atoms with Crippen LogP contribution >= 0.6 is 0 Å². The highest BCUT2D eigenvalue weighted by molar-refractivity contribution is 5.74. The van der Waals surface area contributed by atoms with E-state index in [1.54, 1.807) is 0 Å². The monoisotopic (exact) mass is 206 g/mol. The van der Waals surface area contributed by atoms with E-state index in [0.29, 0.717) is 6.04 Å². The van der Waals surface area contributed by atoms with Crippen LogP contribution in [0.4, 0.5) is 0 Å². The predicted molar refractivity (Wildman–Crippen MR) is 62.2 cm³/mol. The summed E-state index contributed by atoms with van der Waals surface area (Å²) in [5.41, 5.74) is 1.95. The number of likely N-dealkylation sites (N-methyl/N-ethyl adjacent to an activating group) is 2. The fourth-order valence-electron chi connectivity index (χ4n) is 1.59. The molecule has 1 unspecified atom stereocenters. The Morgan fingerprint density at radius 1 is 1.33 bits per heavy atom. The summed E-state index contributed by atoms with van der Waals surface area (Å²) >= 11 is 0. The van der Waals surface area contributed by atoms with Crippen molar-refractivity contribution in [3.8, 4) is 0 Å². The minimum atomic E-state index is 0.343. The molecule has 1 atom stereocenters. The maximum Gasteiger partial charge on any atom is 0.150 e. The normalized spacial score (nSPS) is 12.8. The van der Waals surface area contributed by atoms with Gasteiger partial charge in [-0.2, -0.15) is 0 Å². The summed E-state index contributed by atoms with van der Waals surface area (Å²) in [4.78, 5) is 12.7. The summed E-state index contributed by atoms with van der Waals surface area (Å²) in [5.74, 6) is 0. The highest BCUT2D eigenvalue weighted by atomic mass is 16.1. The number of carbonyl (C=O) groups is 1. The van der Waals surface area contributed by atoms with Gasteiger partial charge in [0, 0.05) is 18.2 Å². The summed E-state index contributed by atoms with van der Waals surface area (Å²) in [7, 11) is 6.04. The number of hydrogen-bond donors (Lipinski definition) is 1. The first-order valence-electron chi connectivity index (χ1n) is 5.05. The Balaban J connectivity index is 2.86. The smallest absolute Gasteiger partial charge is 0.150 e. The molecular weight excluding hydrogens is 188 g/mol. The van der Waals surface area contributed by atoms with E-state index in [-0.39, 0.29) is 0 Å². The van der Waals surface area contributed by atoms with E-state index in [1.807, 2.05) is 31.3 Å². The van der Waals surface area contributed by atoms with Crippen LogP contribution in [-0.2, 0) is 0 Å². The van der Waals surface area contributed by atoms with E-state index in [9.17, 15) is 4.79 Å². The molecule has 0 saturated heterocycles. The zero-order chi connectivity index (χ0) is 11.3. The first-order chi connectivity index (χ1) is 7.19. The van der Waals surface area contributed by atoms with Crippen LogP contribution in [0, 0.1) is 0 Å². The number of nitrogens with one attached hydrogen (secondary N) is 1. The Kier molecular flexibility index (Phi) is 4.46. The highest BCUT2D eigenvalue weighted by Gasteiger charge is 2.12. The fraction of sp³-hybridized carbons (Fsp3) is 0.417. The van der Waals surface area contributed by atoms with Crippen molar-refractivity contribution in [1.82, 2.24) is 10.2 Å². The molecule has 1 N–H and O–H groups in total. The molecule has 0 fully saturated rings. The molecule has 82 valence electrons. The SMILES string of the molecule is CNCC(c1ccc(C=O)cc1)N(C)C. The van der Waals surface area contributed by atoms with Gasteiger partial charge in [0.25, 0.3) is 0 Å². The molecule has 0 aliphatic heterocycles. The summed E-state index contributed by atoms with van der Waals surface area (Å²) in [6.07, 6.45) is 0.868. The standard InChI is InChI=1S/C12H18N2O/c1-13-8-12(14(2)3)11-6-4-10(9-15)5-7-11/h4-7,9,12-13H,8H2,1-3H3. The second kappa shape index (κ2) is 5.63. The van der Waals surface area contributed by atoms with Gasteiger partial charge in [0.15, 0.2) is 0 Å². The molecule has 0 spiro atoms. The molecule has 1 aromatic carbocycles. The van der Waals surface area contributed by atoms with Gasteiger partial charge in [-0.3, -0.25) is 4.79 Å². The number of carbonyl (C=O) groups excluding carboxylic acids is 1. The van der Waals surface area contributed by atoms with Crippen molar-refractivity contribution in [1.29, 1.82) is 0 Å². The Morgan fingerprint density at radius 3 is 2.33 bits per heavy atom. The average molecular weight is 206 g/mol. The van der Waals surface area contributed by atoms with E-state index >= 15 is 0 Å². The topological polar surface area (TPSA) is 32.3 Å². The molecule has 0 heterocycles. The third-order valence-electron chi connectivity index (χ3n) is 2.48. The third-order valence-corrected chi connectivity index (χ3v) is 2.48. The number of benzene rings is 1. The lowest BCUT2D eigenvalue weighted by molar-refractivity contribution is 0.112. The van der Waals surface area contributed by atoms with Crippen LogP contribution in [0.2, 0.25) is 0 Å². The van der Waals surface area contributed by atoms with Gasteiger partial charge in [0.05, 0.1) is 0 Å². The first kappa shape index (κ1) is 11.9. The van der Waals surface area contributed by atoms with Crippen molar-refractivity contribution in [2.24, 2.45) is 0 Å². The highest BCUT2D eigenvalue weighted by Crippen LogP contribution is 2.17. The van der Waals surface area contributed by atoms with Crippen LogP contribution < -0.4 is 5.32 Å². The molecule has 0 aromatic heterocycles. The molecular formula is C12H18N2O. The molecule has 3 nitrogen and oxygen atoms in total. The molecule has 0 amide bonds. The molecule has 3 heteroatoms. The second-order valence-corrected chi connectivity index (χ2v) is 3.82. The van der Waals surface area contributed by atoms with Crippen LogP contribution in [-0.4, -0.2) is 38.9 Å². The first-order valence-corrected chi connectivity index (χ1v) is 5.05. The Hall–Kier alpha value is -1.19. The van der Waals surface area contributed by atoms with Crippen LogP contribution in [0.1, 0.15) is 22.0 Å². The largest absolute Gasteiger partial charge is 0.318 e. The van der Waals surface area contributed by atoms with Crippen molar-refractivity contribution >= 4 is 6.29 Å². The van der Waals surface area contributed by atoms with Crippen molar-refractivity contribution in [3.63, 3.8) is 0 Å². The summed E-state index contributed by atoms with van der Waals surface area (Å²) in [6.45, 7) is 0.896. The second-order valence-electron chi connectivity index (χ2n) is 3.82. The van der Waals surface area contributed by atoms with Gasteiger partial charge >= 0.3 is 0 Å². The Labute approximate surface area is 91.1 Å². The lowest BCUT2D eigenvalue weighted by atomic mass is 10.0. The summed E-state index contributed by atoms with van der Waals surface area (Å²) in [5, 5.41) is 3.17. The minimum absolute atomic E-state index is 0.343. The van der Waals surface area contributed by atoms with Crippen LogP contribution in [0.3, 0.4) is 0 Å². The van der Waals surface area contributed by atoms with E-state index in [0.717, 1.165) is 18.4 Å². The van der Waals surface area contributed by atoms with E-state index in [2.05, 4.69) is 24.3 Å². The molecule has 0 radical (unpaired) electrons. The minimum Gasteiger partial charge on any atom is -0.318 e. The van der Waals surface area contributed by atoms with E-state index in [4.69, 9.17) is 0 Å². The Bertz CT molecular complexity index is 306. The molecule has 1 aromatic rings. The van der Waals surface area contributed by atoms with Gasteiger partial charge < -0.3 is 10.2 Å². The zero-order valence-corrected chi connectivity index (χ0v) is 9.53. The molecule has 0 saturated carbocycles. The van der Waals surface area contributed by atoms with Crippen molar-refractivity contribution < 1.29 is 4.79 Å². The number of nitrogens with zero attached hydrogens (tertiary/aromatic N) is 1. The van der Waals surface area contributed by atoms with Gasteiger partial charge in [-0.15, -0.1) is 0 Å². The third kappa shape index (κ3) is 3.15. The average Bonchev–Trinajstić information content (AvgIpc) is 2.26. The predicted octanol–water partition coefficient (Wildman–Crippen LogP) is 1.32. The van der Waals surface area contributed by atoms with Gasteiger partial charge in [-0.05, 0) is 26.7 Å². The van der Waals surface area contributed by atoms with Crippen LogP contribution in [0.5, 0.6) is 0 Å². The van der Waals surface area contributed by atoms with E-state index in [1.165, 1.54) is 5.56 Å². The molecule has 0 aliphatic rings. The lowest BCUT2D eigenvalue weighted by Gasteiger charge is -2.24. The molecule has 0 bridgehead atoms. The fourth-order valence-corrected chi connectivity index (χ4v) is 1.59. The van der Waals surface area contributed by atoms with Crippen molar-refractivity contribution in [2.45, 2.75) is 6.04 Å². The zero-order valence-electron chi connectivity index (χ0n) is 9.53. The van der Waals surface area contributed by atoms with Gasteiger partial charge in [0.2, 0.25) is 0 Å². The van der Waals surface area contributed by atoms with E-state index < -0.39 is 0 Å². The number of rotatable bonds is 5. The molecule has 0 aliphatic carbocycles.